The summed E-state index contributed by atoms with van der Waals surface area (Å²) in [5, 5.41) is 3.56. The Morgan fingerprint density at radius 2 is 1.81 bits per heavy atom. The average molecular weight is 300 g/mol. The maximum Gasteiger partial charge on any atom is 0.0707 e. The second kappa shape index (κ2) is 8.47. The Morgan fingerprint density at radius 3 is 2.33 bits per heavy atom. The summed E-state index contributed by atoms with van der Waals surface area (Å²) in [6.45, 7) is 15.4. The van der Waals surface area contributed by atoms with E-state index in [-0.39, 0.29) is 5.54 Å². The highest BCUT2D eigenvalue weighted by Gasteiger charge is 2.28. The van der Waals surface area contributed by atoms with Gasteiger partial charge in [0.15, 0.2) is 0 Å². The molecule has 0 spiro atoms. The molecule has 126 valence electrons. The standard InChI is InChI=1S/C17H37N3O/c1-8-20(14(2)12-19(6)7)13-16-10-9-15(21-16)11-18-17(3,4)5/h14-16,18H,8-13H2,1-7H3. The molecule has 0 bridgehead atoms. The van der Waals surface area contributed by atoms with E-state index in [1.165, 1.54) is 12.8 Å². The minimum atomic E-state index is 0.178. The normalized spacial score (nSPS) is 25.0. The van der Waals surface area contributed by atoms with Gasteiger partial charge in [-0.15, -0.1) is 0 Å². The topological polar surface area (TPSA) is 27.7 Å². The number of hydrogen-bond acceptors (Lipinski definition) is 4. The predicted molar refractivity (Wildman–Crippen MR) is 90.9 cm³/mol. The van der Waals surface area contributed by atoms with Crippen LogP contribution in [-0.4, -0.2) is 73.9 Å². The largest absolute Gasteiger partial charge is 0.372 e. The summed E-state index contributed by atoms with van der Waals surface area (Å²) in [6.07, 6.45) is 3.17. The summed E-state index contributed by atoms with van der Waals surface area (Å²) in [4.78, 5) is 4.81. The number of hydrogen-bond donors (Lipinski definition) is 1. The lowest BCUT2D eigenvalue weighted by Crippen LogP contribution is -2.44. The molecule has 21 heavy (non-hydrogen) atoms. The molecule has 0 saturated carbocycles. The molecule has 0 radical (unpaired) electrons. The van der Waals surface area contributed by atoms with Gasteiger partial charge in [-0.1, -0.05) is 6.92 Å². The highest BCUT2D eigenvalue weighted by atomic mass is 16.5. The molecule has 1 aliphatic heterocycles. The van der Waals surface area contributed by atoms with E-state index in [0.717, 1.165) is 26.2 Å². The Morgan fingerprint density at radius 1 is 1.19 bits per heavy atom. The Hall–Kier alpha value is -0.160. The first-order chi connectivity index (χ1) is 9.71. The van der Waals surface area contributed by atoms with Crippen molar-refractivity contribution in [1.29, 1.82) is 0 Å². The number of ether oxygens (including phenoxy) is 1. The van der Waals surface area contributed by atoms with Crippen LogP contribution >= 0.6 is 0 Å². The zero-order valence-electron chi connectivity index (χ0n) is 15.3. The smallest absolute Gasteiger partial charge is 0.0707 e. The average Bonchev–Trinajstić information content (AvgIpc) is 2.79. The molecule has 1 N–H and O–H groups in total. The second-order valence-electron chi connectivity index (χ2n) is 7.79. The fourth-order valence-electron chi connectivity index (χ4n) is 3.01. The minimum absolute atomic E-state index is 0.178. The van der Waals surface area contributed by atoms with Gasteiger partial charge in [0.05, 0.1) is 12.2 Å². The Kier molecular flexibility index (Phi) is 7.62. The van der Waals surface area contributed by atoms with Crippen LogP contribution in [0.1, 0.15) is 47.5 Å². The first kappa shape index (κ1) is 18.9. The summed E-state index contributed by atoms with van der Waals surface area (Å²) >= 11 is 0. The van der Waals surface area contributed by atoms with E-state index in [9.17, 15) is 0 Å². The van der Waals surface area contributed by atoms with Crippen LogP contribution < -0.4 is 5.32 Å². The van der Waals surface area contributed by atoms with Crippen LogP contribution in [0.4, 0.5) is 0 Å². The van der Waals surface area contributed by atoms with Gasteiger partial charge in [0.25, 0.3) is 0 Å². The van der Waals surface area contributed by atoms with E-state index in [0.29, 0.717) is 18.2 Å². The molecule has 0 aromatic carbocycles. The zero-order valence-corrected chi connectivity index (χ0v) is 15.3. The molecule has 0 aromatic rings. The van der Waals surface area contributed by atoms with E-state index in [2.05, 4.69) is 63.8 Å². The van der Waals surface area contributed by atoms with Gasteiger partial charge in [0, 0.05) is 31.2 Å². The van der Waals surface area contributed by atoms with Crippen molar-refractivity contribution in [3.05, 3.63) is 0 Å². The molecule has 1 saturated heterocycles. The van der Waals surface area contributed by atoms with Crippen molar-refractivity contribution in [3.63, 3.8) is 0 Å². The zero-order chi connectivity index (χ0) is 16.0. The molecule has 0 aliphatic carbocycles. The van der Waals surface area contributed by atoms with Crippen LogP contribution in [0.3, 0.4) is 0 Å². The molecule has 0 aromatic heterocycles. The van der Waals surface area contributed by atoms with E-state index in [1.807, 2.05) is 0 Å². The van der Waals surface area contributed by atoms with E-state index < -0.39 is 0 Å². The lowest BCUT2D eigenvalue weighted by molar-refractivity contribution is 0.0127. The van der Waals surface area contributed by atoms with Crippen molar-refractivity contribution in [2.24, 2.45) is 0 Å². The van der Waals surface area contributed by atoms with Crippen LogP contribution in [0.2, 0.25) is 0 Å². The summed E-state index contributed by atoms with van der Waals surface area (Å²) in [5.74, 6) is 0. The van der Waals surface area contributed by atoms with Crippen LogP contribution in [0, 0.1) is 0 Å². The van der Waals surface area contributed by atoms with Crippen molar-refractivity contribution in [3.8, 4) is 0 Å². The molecular formula is C17H37N3O. The Balaban J connectivity index is 2.35. The third-order valence-electron chi connectivity index (χ3n) is 4.15. The quantitative estimate of drug-likeness (QED) is 0.743. The highest BCUT2D eigenvalue weighted by Crippen LogP contribution is 2.21. The van der Waals surface area contributed by atoms with Gasteiger partial charge in [0.2, 0.25) is 0 Å². The van der Waals surface area contributed by atoms with Crippen LogP contribution in [0.25, 0.3) is 0 Å². The van der Waals surface area contributed by atoms with Crippen molar-refractivity contribution >= 4 is 0 Å². The lowest BCUT2D eigenvalue weighted by Gasteiger charge is -2.32. The van der Waals surface area contributed by atoms with E-state index in [1.54, 1.807) is 0 Å². The van der Waals surface area contributed by atoms with Gasteiger partial charge in [-0.05, 0) is 61.2 Å². The fourth-order valence-corrected chi connectivity index (χ4v) is 3.01. The van der Waals surface area contributed by atoms with Gasteiger partial charge in [0.1, 0.15) is 0 Å². The molecule has 1 fully saturated rings. The van der Waals surface area contributed by atoms with Crippen LogP contribution in [0.15, 0.2) is 0 Å². The molecule has 1 rings (SSSR count). The molecule has 3 atom stereocenters. The highest BCUT2D eigenvalue weighted by molar-refractivity contribution is 4.82. The number of nitrogens with one attached hydrogen (secondary N) is 1. The molecule has 0 amide bonds. The van der Waals surface area contributed by atoms with Gasteiger partial charge in [-0.2, -0.15) is 0 Å². The van der Waals surface area contributed by atoms with Crippen molar-refractivity contribution in [1.82, 2.24) is 15.1 Å². The summed E-state index contributed by atoms with van der Waals surface area (Å²) < 4.78 is 6.23. The Labute approximate surface area is 132 Å². The third-order valence-corrected chi connectivity index (χ3v) is 4.15. The minimum Gasteiger partial charge on any atom is -0.372 e. The summed E-state index contributed by atoms with van der Waals surface area (Å²) in [7, 11) is 4.29. The first-order valence-corrected chi connectivity index (χ1v) is 8.50. The fraction of sp³-hybridized carbons (Fsp3) is 1.00. The molecule has 4 nitrogen and oxygen atoms in total. The maximum absolute atomic E-state index is 6.23. The molecule has 3 unspecified atom stereocenters. The summed E-state index contributed by atoms with van der Waals surface area (Å²) in [6, 6.07) is 0.584. The van der Waals surface area contributed by atoms with Crippen LogP contribution in [0.5, 0.6) is 0 Å². The van der Waals surface area contributed by atoms with Crippen LogP contribution in [-0.2, 0) is 4.74 Å². The first-order valence-electron chi connectivity index (χ1n) is 8.50. The SMILES string of the molecule is CCN(CC1CCC(CNC(C)(C)C)O1)C(C)CN(C)C. The van der Waals surface area contributed by atoms with Crippen molar-refractivity contribution in [2.45, 2.75) is 71.2 Å². The number of rotatable bonds is 8. The molecule has 1 heterocycles. The monoisotopic (exact) mass is 299 g/mol. The van der Waals surface area contributed by atoms with Gasteiger partial charge < -0.3 is 15.0 Å². The predicted octanol–water partition coefficient (Wildman–Crippen LogP) is 2.19. The van der Waals surface area contributed by atoms with E-state index in [4.69, 9.17) is 4.74 Å². The van der Waals surface area contributed by atoms with Crippen molar-refractivity contribution in [2.75, 3.05) is 40.3 Å². The Bertz CT molecular complexity index is 288. The van der Waals surface area contributed by atoms with Gasteiger partial charge in [-0.3, -0.25) is 4.90 Å². The summed E-state index contributed by atoms with van der Waals surface area (Å²) in [5.41, 5.74) is 0.178. The van der Waals surface area contributed by atoms with Gasteiger partial charge in [-0.25, -0.2) is 0 Å². The second-order valence-corrected chi connectivity index (χ2v) is 7.79. The maximum atomic E-state index is 6.23. The lowest BCUT2D eigenvalue weighted by atomic mass is 10.1. The molecular weight excluding hydrogens is 262 g/mol. The number of likely N-dealkylation sites (N-methyl/N-ethyl adjacent to an activating group) is 2. The number of nitrogens with zero attached hydrogens (tertiary/aromatic N) is 2. The third kappa shape index (κ3) is 7.59. The van der Waals surface area contributed by atoms with E-state index >= 15 is 0 Å². The van der Waals surface area contributed by atoms with Gasteiger partial charge >= 0.3 is 0 Å². The van der Waals surface area contributed by atoms with Crippen molar-refractivity contribution < 1.29 is 4.74 Å². The molecule has 4 heteroatoms. The molecule has 1 aliphatic rings.